The number of para-hydroxylation sites is 2. The number of aromatic nitrogens is 5. The number of rotatable bonds is 6. The second kappa shape index (κ2) is 14.2. The molecule has 4 aromatic heterocycles. The van der Waals surface area contributed by atoms with Gasteiger partial charge in [0.1, 0.15) is 0 Å². The summed E-state index contributed by atoms with van der Waals surface area (Å²) in [5.74, 6) is 1.79. The van der Waals surface area contributed by atoms with Crippen LogP contribution in [-0.2, 0) is 0 Å². The highest BCUT2D eigenvalue weighted by Gasteiger charge is 2.25. The summed E-state index contributed by atoms with van der Waals surface area (Å²) in [6.45, 7) is 0. The first-order valence-corrected chi connectivity index (χ1v) is 22.0. The summed E-state index contributed by atoms with van der Waals surface area (Å²) in [7, 11) is 0. The highest BCUT2D eigenvalue weighted by atomic mass is 32.1. The summed E-state index contributed by atoms with van der Waals surface area (Å²) in [6, 6.07) is 75.5. The van der Waals surface area contributed by atoms with E-state index in [1.165, 1.54) is 36.7 Å². The molecule has 4 heterocycles. The van der Waals surface area contributed by atoms with Crippen molar-refractivity contribution in [3.05, 3.63) is 212 Å². The van der Waals surface area contributed by atoms with E-state index in [-0.39, 0.29) is 0 Å². The summed E-state index contributed by atoms with van der Waals surface area (Å²) in [5, 5.41) is 7.12. The molecule has 0 atom stereocenters. The zero-order valence-corrected chi connectivity index (χ0v) is 34.7. The molecule has 0 fully saturated rings. The quantitative estimate of drug-likeness (QED) is 0.168. The minimum atomic E-state index is 0.562. The lowest BCUT2D eigenvalue weighted by Gasteiger charge is -2.15. The van der Waals surface area contributed by atoms with Crippen molar-refractivity contribution in [3.63, 3.8) is 0 Å². The lowest BCUT2D eigenvalue weighted by molar-refractivity contribution is 0.953. The van der Waals surface area contributed by atoms with Crippen LogP contribution in [0.2, 0.25) is 0 Å². The van der Waals surface area contributed by atoms with Crippen LogP contribution in [0.4, 0.5) is 0 Å². The van der Waals surface area contributed by atoms with Crippen LogP contribution in [0.15, 0.2) is 212 Å². The second-order valence-electron chi connectivity index (χ2n) is 16.0. The topological polar surface area (TPSA) is 48.5 Å². The molecule has 0 aliphatic heterocycles. The number of nitrogens with zero attached hydrogens (tertiary/aromatic N) is 5. The first kappa shape index (κ1) is 35.6. The molecule has 9 aromatic carbocycles. The number of benzene rings is 9. The Morgan fingerprint density at radius 2 is 0.794 bits per heavy atom. The molecular formula is C57H35N5S. The van der Waals surface area contributed by atoms with Crippen LogP contribution in [0.3, 0.4) is 0 Å². The lowest BCUT2D eigenvalue weighted by Crippen LogP contribution is -2.07. The molecule has 0 radical (unpaired) electrons. The fraction of sp³-hybridized carbons (Fsp3) is 0. The Bertz CT molecular complexity index is 3890. The fourth-order valence-corrected chi connectivity index (χ4v) is 10.8. The van der Waals surface area contributed by atoms with Crippen LogP contribution in [0.1, 0.15) is 0 Å². The zero-order chi connectivity index (χ0) is 41.4. The largest absolute Gasteiger partial charge is 0.306 e. The van der Waals surface area contributed by atoms with E-state index < -0.39 is 0 Å². The Morgan fingerprint density at radius 1 is 0.317 bits per heavy atom. The predicted octanol–water partition coefficient (Wildman–Crippen LogP) is 15.1. The molecule has 13 aromatic rings. The maximum absolute atomic E-state index is 5.40. The second-order valence-corrected chi connectivity index (χ2v) is 17.0. The molecule has 0 amide bonds. The highest BCUT2D eigenvalue weighted by Crippen LogP contribution is 2.47. The molecule has 0 saturated carbocycles. The Kier molecular flexibility index (Phi) is 8.01. The maximum Gasteiger partial charge on any atom is 0.238 e. The minimum absolute atomic E-state index is 0.562. The van der Waals surface area contributed by atoms with Crippen LogP contribution >= 0.6 is 11.3 Å². The van der Waals surface area contributed by atoms with Gasteiger partial charge in [-0.05, 0) is 52.6 Å². The van der Waals surface area contributed by atoms with E-state index in [0.717, 1.165) is 66.2 Å². The van der Waals surface area contributed by atoms with E-state index in [2.05, 4.69) is 197 Å². The van der Waals surface area contributed by atoms with Gasteiger partial charge in [0, 0.05) is 52.8 Å². The molecule has 5 nitrogen and oxygen atoms in total. The summed E-state index contributed by atoms with van der Waals surface area (Å²) in [5.41, 5.74) is 12.0. The van der Waals surface area contributed by atoms with Crippen LogP contribution < -0.4 is 0 Å². The van der Waals surface area contributed by atoms with Crippen molar-refractivity contribution in [2.45, 2.75) is 0 Å². The average molecular weight is 822 g/mol. The van der Waals surface area contributed by atoms with Crippen molar-refractivity contribution >= 4 is 75.1 Å². The van der Waals surface area contributed by atoms with E-state index >= 15 is 0 Å². The van der Waals surface area contributed by atoms with E-state index in [0.29, 0.717) is 17.6 Å². The summed E-state index contributed by atoms with van der Waals surface area (Å²) in [4.78, 5) is 15.9. The van der Waals surface area contributed by atoms with Gasteiger partial charge in [-0.3, -0.25) is 4.57 Å². The van der Waals surface area contributed by atoms with Crippen molar-refractivity contribution in [1.29, 1.82) is 0 Å². The normalized spacial score (nSPS) is 11.8. The Hall–Kier alpha value is -8.19. The molecule has 294 valence electrons. The van der Waals surface area contributed by atoms with E-state index in [1.54, 1.807) is 0 Å². The Balaban J connectivity index is 1.15. The van der Waals surface area contributed by atoms with E-state index in [4.69, 9.17) is 15.0 Å². The molecule has 13 rings (SSSR count). The van der Waals surface area contributed by atoms with Crippen molar-refractivity contribution in [3.8, 4) is 56.7 Å². The van der Waals surface area contributed by atoms with Crippen LogP contribution in [-0.4, -0.2) is 24.1 Å². The third-order valence-corrected chi connectivity index (χ3v) is 13.5. The maximum atomic E-state index is 5.40. The number of hydrogen-bond acceptors (Lipinski definition) is 4. The van der Waals surface area contributed by atoms with Gasteiger partial charge in [0.05, 0.1) is 27.8 Å². The molecule has 0 spiro atoms. The molecule has 63 heavy (non-hydrogen) atoms. The average Bonchev–Trinajstić information content (AvgIpc) is 4.03. The highest BCUT2D eigenvalue weighted by molar-refractivity contribution is 7.26. The molecule has 0 unspecified atom stereocenters. The summed E-state index contributed by atoms with van der Waals surface area (Å²) < 4.78 is 7.29. The van der Waals surface area contributed by atoms with Gasteiger partial charge < -0.3 is 4.57 Å². The van der Waals surface area contributed by atoms with Gasteiger partial charge in [0.2, 0.25) is 5.95 Å². The van der Waals surface area contributed by atoms with Gasteiger partial charge in [-0.15, -0.1) is 11.3 Å². The number of thiophene rings is 1. The molecule has 6 heteroatoms. The van der Waals surface area contributed by atoms with Crippen LogP contribution in [0.5, 0.6) is 0 Å². The molecule has 0 aliphatic rings. The van der Waals surface area contributed by atoms with Crippen molar-refractivity contribution in [2.75, 3.05) is 0 Å². The SMILES string of the molecule is c1ccc(-c2ccc(-c3nc(-c4ccccc4)nc(-n4c5ccccc5c5ccc6c7ccccc7n(-c7cccc8sc9cccc(-c%10ccccc%10)c9c78)c6c54)n3)cc2)cc1. The molecular weight excluding hydrogens is 787 g/mol. The van der Waals surface area contributed by atoms with Gasteiger partial charge in [-0.1, -0.05) is 182 Å². The molecule has 0 saturated heterocycles. The van der Waals surface area contributed by atoms with Gasteiger partial charge >= 0.3 is 0 Å². The van der Waals surface area contributed by atoms with Crippen molar-refractivity contribution < 1.29 is 0 Å². The monoisotopic (exact) mass is 821 g/mol. The number of hydrogen-bond donors (Lipinski definition) is 0. The molecule has 0 N–H and O–H groups in total. The standard InChI is InChI=1S/C57H35N5S/c1-4-16-36(17-5-1)37-30-32-40(33-31-37)56-58-55(39-20-8-3-9-21-39)59-57(60-56)62-47-26-13-11-23-43(47)45-35-34-44-42-22-10-12-25-46(42)61(53(44)54(45)62)48-27-15-29-50-52(48)51-41(24-14-28-49(51)63-50)38-18-6-2-7-19-38/h1-35H. The third-order valence-electron chi connectivity index (χ3n) is 12.4. The first-order chi connectivity index (χ1) is 31.3. The third kappa shape index (κ3) is 5.59. The lowest BCUT2D eigenvalue weighted by atomic mass is 9.99. The zero-order valence-electron chi connectivity index (χ0n) is 33.9. The van der Waals surface area contributed by atoms with Crippen LogP contribution in [0.25, 0.3) is 120 Å². The smallest absolute Gasteiger partial charge is 0.238 e. The van der Waals surface area contributed by atoms with Gasteiger partial charge in [-0.25, -0.2) is 4.98 Å². The van der Waals surface area contributed by atoms with Gasteiger partial charge in [0.15, 0.2) is 11.6 Å². The Labute approximate surface area is 366 Å². The van der Waals surface area contributed by atoms with Crippen LogP contribution in [0, 0.1) is 0 Å². The first-order valence-electron chi connectivity index (χ1n) is 21.2. The van der Waals surface area contributed by atoms with E-state index in [1.807, 2.05) is 35.6 Å². The van der Waals surface area contributed by atoms with Gasteiger partial charge in [-0.2, -0.15) is 9.97 Å². The minimum Gasteiger partial charge on any atom is -0.306 e. The molecule has 0 aliphatic carbocycles. The Morgan fingerprint density at radius 3 is 1.44 bits per heavy atom. The fourth-order valence-electron chi connectivity index (χ4n) is 9.60. The number of fused-ring (bicyclic) bond motifs is 10. The van der Waals surface area contributed by atoms with E-state index in [9.17, 15) is 0 Å². The van der Waals surface area contributed by atoms with Gasteiger partial charge in [0.25, 0.3) is 0 Å². The summed E-state index contributed by atoms with van der Waals surface area (Å²) in [6.07, 6.45) is 0. The molecule has 0 bridgehead atoms. The predicted molar refractivity (Wildman–Crippen MR) is 263 cm³/mol. The van der Waals surface area contributed by atoms with Crippen molar-refractivity contribution in [1.82, 2.24) is 24.1 Å². The summed E-state index contributed by atoms with van der Waals surface area (Å²) >= 11 is 1.85. The van der Waals surface area contributed by atoms with Crippen molar-refractivity contribution in [2.24, 2.45) is 0 Å².